The van der Waals surface area contributed by atoms with E-state index in [4.69, 9.17) is 5.11 Å². The number of nitrogens with zero attached hydrogens (tertiary/aromatic N) is 1. The number of rotatable bonds is 4. The number of carboxylic acids is 1. The third kappa shape index (κ3) is 2.02. The van der Waals surface area contributed by atoms with E-state index in [0.29, 0.717) is 0 Å². The normalized spacial score (nSPS) is 10.3. The Morgan fingerprint density at radius 3 is 2.44 bits per heavy atom. The summed E-state index contributed by atoms with van der Waals surface area (Å²) < 4.78 is 34.8. The molecule has 1 rings (SSSR count). The van der Waals surface area contributed by atoms with Crippen molar-refractivity contribution in [2.75, 3.05) is 14.2 Å². The first-order valence-corrected chi connectivity index (χ1v) is 4.15. The molecule has 0 unspecified atom stereocenters. The van der Waals surface area contributed by atoms with Gasteiger partial charge in [0.25, 0.3) is 6.43 Å². The minimum atomic E-state index is -2.91. The fourth-order valence-electron chi connectivity index (χ4n) is 1.22. The number of carbonyl (C=O) groups is 1. The summed E-state index contributed by atoms with van der Waals surface area (Å²) in [5, 5.41) is 8.74. The molecule has 1 aromatic heterocycles. The molecule has 1 heterocycles. The Hall–Kier alpha value is -1.92. The van der Waals surface area contributed by atoms with Crippen LogP contribution in [0.3, 0.4) is 0 Å². The molecule has 1 N–H and O–H groups in total. The molecule has 0 aliphatic heterocycles. The summed E-state index contributed by atoms with van der Waals surface area (Å²) in [6.45, 7) is 0. The van der Waals surface area contributed by atoms with E-state index in [1.54, 1.807) is 0 Å². The van der Waals surface area contributed by atoms with Crippen LogP contribution in [0.4, 0.5) is 8.78 Å². The summed E-state index contributed by atoms with van der Waals surface area (Å²) >= 11 is 0. The summed E-state index contributed by atoms with van der Waals surface area (Å²) in [5.74, 6) is -2.14. The molecule has 0 aliphatic carbocycles. The Bertz CT molecular complexity index is 409. The quantitative estimate of drug-likeness (QED) is 0.857. The van der Waals surface area contributed by atoms with E-state index in [1.165, 1.54) is 7.11 Å². The average molecular weight is 233 g/mol. The van der Waals surface area contributed by atoms with Gasteiger partial charge in [-0.15, -0.1) is 0 Å². The topological polar surface area (TPSA) is 68.7 Å². The number of methoxy groups -OCH3 is 2. The first-order chi connectivity index (χ1) is 7.52. The van der Waals surface area contributed by atoms with Crippen LogP contribution >= 0.6 is 0 Å². The first-order valence-electron chi connectivity index (χ1n) is 4.15. The van der Waals surface area contributed by atoms with E-state index in [9.17, 15) is 13.6 Å². The van der Waals surface area contributed by atoms with Crippen LogP contribution in [0.15, 0.2) is 6.20 Å². The second-order valence-electron chi connectivity index (χ2n) is 2.73. The minimum absolute atomic E-state index is 0.211. The van der Waals surface area contributed by atoms with Crippen LogP contribution in [0, 0.1) is 0 Å². The molecule has 0 aromatic carbocycles. The highest BCUT2D eigenvalue weighted by atomic mass is 19.3. The van der Waals surface area contributed by atoms with Gasteiger partial charge >= 0.3 is 5.97 Å². The van der Waals surface area contributed by atoms with Crippen molar-refractivity contribution < 1.29 is 28.2 Å². The van der Waals surface area contributed by atoms with Gasteiger partial charge in [-0.3, -0.25) is 0 Å². The van der Waals surface area contributed by atoms with Crippen LogP contribution in [-0.4, -0.2) is 30.3 Å². The van der Waals surface area contributed by atoms with Crippen molar-refractivity contribution in [3.8, 4) is 11.5 Å². The fraction of sp³-hybridized carbons (Fsp3) is 0.333. The van der Waals surface area contributed by atoms with Crippen LogP contribution in [0.25, 0.3) is 0 Å². The predicted molar refractivity (Wildman–Crippen MR) is 49.3 cm³/mol. The number of alkyl halides is 2. The number of hydrogen-bond acceptors (Lipinski definition) is 4. The molecule has 0 radical (unpaired) electrons. The molecule has 0 amide bonds. The molecular formula is C9H9F2NO4. The molecular weight excluding hydrogens is 224 g/mol. The molecule has 0 aliphatic rings. The van der Waals surface area contributed by atoms with Crippen molar-refractivity contribution in [3.05, 3.63) is 17.5 Å². The van der Waals surface area contributed by atoms with Crippen molar-refractivity contribution in [2.45, 2.75) is 6.43 Å². The lowest BCUT2D eigenvalue weighted by atomic mass is 10.2. The molecule has 0 spiro atoms. The minimum Gasteiger partial charge on any atom is -0.494 e. The van der Waals surface area contributed by atoms with Crippen molar-refractivity contribution in [1.29, 1.82) is 0 Å². The van der Waals surface area contributed by atoms with Crippen molar-refractivity contribution in [1.82, 2.24) is 4.98 Å². The van der Waals surface area contributed by atoms with Crippen molar-refractivity contribution in [3.63, 3.8) is 0 Å². The van der Waals surface area contributed by atoms with Gasteiger partial charge in [0.15, 0.2) is 11.4 Å². The van der Waals surface area contributed by atoms with Gasteiger partial charge < -0.3 is 14.6 Å². The Morgan fingerprint density at radius 1 is 1.44 bits per heavy atom. The van der Waals surface area contributed by atoms with Crippen LogP contribution in [0.5, 0.6) is 11.5 Å². The maximum Gasteiger partial charge on any atom is 0.358 e. The molecule has 0 bridgehead atoms. The maximum absolute atomic E-state index is 12.7. The molecule has 0 saturated heterocycles. The van der Waals surface area contributed by atoms with Crippen LogP contribution in [0.2, 0.25) is 0 Å². The average Bonchev–Trinajstić information content (AvgIpc) is 2.26. The number of aromatic nitrogens is 1. The highest BCUT2D eigenvalue weighted by Crippen LogP contribution is 2.38. The number of hydrogen-bond donors (Lipinski definition) is 1. The second-order valence-corrected chi connectivity index (χ2v) is 2.73. The van der Waals surface area contributed by atoms with Gasteiger partial charge in [0.2, 0.25) is 0 Å². The Labute approximate surface area is 89.6 Å². The standard InChI is InChI=1S/C9H9F2NO4/c1-15-4-3-12-6(9(13)14)7(16-2)5(4)8(10)11/h3,8H,1-2H3,(H,13,14). The van der Waals surface area contributed by atoms with Gasteiger partial charge in [0, 0.05) is 0 Å². The number of aromatic carboxylic acids is 1. The SMILES string of the molecule is COc1cnc(C(=O)O)c(OC)c1C(F)F. The summed E-state index contributed by atoms with van der Waals surface area (Å²) in [7, 11) is 2.28. The second kappa shape index (κ2) is 4.73. The van der Waals surface area contributed by atoms with Crippen molar-refractivity contribution in [2.24, 2.45) is 0 Å². The zero-order valence-electron chi connectivity index (χ0n) is 8.53. The lowest BCUT2D eigenvalue weighted by Gasteiger charge is -2.13. The lowest BCUT2D eigenvalue weighted by Crippen LogP contribution is -2.08. The summed E-state index contributed by atoms with van der Waals surface area (Å²) in [6.07, 6.45) is -1.99. The summed E-state index contributed by atoms with van der Waals surface area (Å²) in [5.41, 5.74) is -1.18. The first kappa shape index (κ1) is 12.2. The molecule has 0 fully saturated rings. The van der Waals surface area contributed by atoms with Crippen LogP contribution in [-0.2, 0) is 0 Å². The van der Waals surface area contributed by atoms with E-state index in [2.05, 4.69) is 14.5 Å². The third-order valence-corrected chi connectivity index (χ3v) is 1.88. The number of carboxylic acid groups (broad SMARTS) is 1. The van der Waals surface area contributed by atoms with E-state index in [1.807, 2.05) is 0 Å². The summed E-state index contributed by atoms with van der Waals surface area (Å²) in [6, 6.07) is 0. The largest absolute Gasteiger partial charge is 0.494 e. The molecule has 7 heteroatoms. The molecule has 88 valence electrons. The number of halogens is 2. The monoisotopic (exact) mass is 233 g/mol. The van der Waals surface area contributed by atoms with Gasteiger partial charge in [-0.05, 0) is 0 Å². The van der Waals surface area contributed by atoms with E-state index >= 15 is 0 Å². The van der Waals surface area contributed by atoms with Gasteiger partial charge in [-0.25, -0.2) is 18.6 Å². The molecule has 0 atom stereocenters. The highest BCUT2D eigenvalue weighted by Gasteiger charge is 2.26. The Kier molecular flexibility index (Phi) is 3.60. The van der Waals surface area contributed by atoms with Gasteiger partial charge in [0.1, 0.15) is 11.3 Å². The van der Waals surface area contributed by atoms with E-state index < -0.39 is 29.4 Å². The summed E-state index contributed by atoms with van der Waals surface area (Å²) in [4.78, 5) is 14.2. The Balaban J connectivity index is 3.49. The molecule has 0 saturated carbocycles. The number of pyridine rings is 1. The van der Waals surface area contributed by atoms with Gasteiger partial charge in [0.05, 0.1) is 20.4 Å². The molecule has 5 nitrogen and oxygen atoms in total. The fourth-order valence-corrected chi connectivity index (χ4v) is 1.22. The third-order valence-electron chi connectivity index (χ3n) is 1.88. The predicted octanol–water partition coefficient (Wildman–Crippen LogP) is 1.73. The van der Waals surface area contributed by atoms with Gasteiger partial charge in [-0.2, -0.15) is 0 Å². The smallest absolute Gasteiger partial charge is 0.358 e. The van der Waals surface area contributed by atoms with Crippen molar-refractivity contribution >= 4 is 5.97 Å². The lowest BCUT2D eigenvalue weighted by molar-refractivity contribution is 0.0685. The maximum atomic E-state index is 12.7. The van der Waals surface area contributed by atoms with Crippen LogP contribution < -0.4 is 9.47 Å². The number of ether oxygens (including phenoxy) is 2. The van der Waals surface area contributed by atoms with Gasteiger partial charge in [-0.1, -0.05) is 0 Å². The van der Waals surface area contributed by atoms with E-state index in [-0.39, 0.29) is 5.75 Å². The Morgan fingerprint density at radius 2 is 2.06 bits per heavy atom. The molecule has 16 heavy (non-hydrogen) atoms. The zero-order valence-corrected chi connectivity index (χ0v) is 8.53. The van der Waals surface area contributed by atoms with E-state index in [0.717, 1.165) is 13.3 Å². The zero-order chi connectivity index (χ0) is 12.3. The van der Waals surface area contributed by atoms with Crippen LogP contribution in [0.1, 0.15) is 22.5 Å². The highest BCUT2D eigenvalue weighted by molar-refractivity contribution is 5.89. The molecule has 1 aromatic rings.